The molecule has 37 heavy (non-hydrogen) atoms. The minimum atomic E-state index is -0.694. The van der Waals surface area contributed by atoms with Gasteiger partial charge in [-0.05, 0) is 48.7 Å². The SMILES string of the molecule is C[C@H](c1ccc(-n2cccn2)c(F)c1)n1cc(-c2cccc3c2CN(C2CCC(=O)NC2=O)C3=O)nn1. The molecule has 0 spiro atoms. The van der Waals surface area contributed by atoms with E-state index < -0.39 is 17.8 Å². The lowest BCUT2D eigenvalue weighted by Crippen LogP contribution is -2.52. The van der Waals surface area contributed by atoms with E-state index in [1.807, 2.05) is 19.1 Å². The molecule has 0 aliphatic carbocycles. The highest BCUT2D eigenvalue weighted by atomic mass is 19.1. The molecule has 11 heteroatoms. The number of imide groups is 1. The van der Waals surface area contributed by atoms with E-state index in [2.05, 4.69) is 20.7 Å². The Bertz CT molecular complexity index is 1550. The third kappa shape index (κ3) is 3.88. The monoisotopic (exact) mass is 499 g/mol. The fraction of sp³-hybridized carbons (Fsp3) is 0.231. The molecule has 6 rings (SSSR count). The van der Waals surface area contributed by atoms with Crippen LogP contribution in [0, 0.1) is 5.82 Å². The van der Waals surface area contributed by atoms with Crippen LogP contribution in [0.4, 0.5) is 4.39 Å². The number of nitrogens with zero attached hydrogens (tertiary/aromatic N) is 6. The first-order valence-corrected chi connectivity index (χ1v) is 11.9. The molecule has 2 aromatic carbocycles. The van der Waals surface area contributed by atoms with Crippen LogP contribution < -0.4 is 5.32 Å². The van der Waals surface area contributed by atoms with Gasteiger partial charge in [0.2, 0.25) is 11.8 Å². The Morgan fingerprint density at radius 1 is 1.11 bits per heavy atom. The number of carbonyl (C=O) groups is 3. The second kappa shape index (κ2) is 8.77. The molecule has 186 valence electrons. The van der Waals surface area contributed by atoms with Crippen molar-refractivity contribution in [2.45, 2.75) is 38.4 Å². The molecule has 0 bridgehead atoms. The molecule has 2 aliphatic rings. The zero-order valence-corrected chi connectivity index (χ0v) is 19.8. The maximum Gasteiger partial charge on any atom is 0.255 e. The molecule has 0 radical (unpaired) electrons. The van der Waals surface area contributed by atoms with E-state index in [9.17, 15) is 18.8 Å². The fourth-order valence-electron chi connectivity index (χ4n) is 4.95. The van der Waals surface area contributed by atoms with Gasteiger partial charge < -0.3 is 4.90 Å². The quantitative estimate of drug-likeness (QED) is 0.422. The summed E-state index contributed by atoms with van der Waals surface area (Å²) >= 11 is 0. The zero-order chi connectivity index (χ0) is 25.7. The number of rotatable bonds is 5. The van der Waals surface area contributed by atoms with Crippen LogP contribution >= 0.6 is 0 Å². The van der Waals surface area contributed by atoms with Crippen LogP contribution in [0.1, 0.15) is 47.3 Å². The average Bonchev–Trinajstić information content (AvgIpc) is 3.65. The van der Waals surface area contributed by atoms with Crippen molar-refractivity contribution < 1.29 is 18.8 Å². The molecule has 1 saturated heterocycles. The van der Waals surface area contributed by atoms with Gasteiger partial charge in [-0.1, -0.05) is 23.4 Å². The van der Waals surface area contributed by atoms with Crippen molar-refractivity contribution in [3.63, 3.8) is 0 Å². The third-order valence-corrected chi connectivity index (χ3v) is 6.97. The number of piperidine rings is 1. The van der Waals surface area contributed by atoms with Crippen molar-refractivity contribution >= 4 is 17.7 Å². The maximum atomic E-state index is 14.8. The summed E-state index contributed by atoms with van der Waals surface area (Å²) in [6, 6.07) is 11.0. The molecular weight excluding hydrogens is 477 g/mol. The normalized spacial score (nSPS) is 18.2. The molecular formula is C26H22FN7O3. The van der Waals surface area contributed by atoms with Gasteiger partial charge in [-0.2, -0.15) is 5.10 Å². The number of amides is 3. The lowest BCUT2D eigenvalue weighted by molar-refractivity contribution is -0.136. The van der Waals surface area contributed by atoms with E-state index in [1.165, 1.54) is 15.6 Å². The minimum Gasteiger partial charge on any atom is -0.322 e. The van der Waals surface area contributed by atoms with Crippen molar-refractivity contribution in [3.05, 3.63) is 83.6 Å². The molecule has 1 unspecified atom stereocenters. The van der Waals surface area contributed by atoms with Crippen LogP contribution in [0.25, 0.3) is 16.9 Å². The molecule has 2 atom stereocenters. The molecule has 0 saturated carbocycles. The summed E-state index contributed by atoms with van der Waals surface area (Å²) in [5.74, 6) is -1.43. The first-order chi connectivity index (χ1) is 17.9. The van der Waals surface area contributed by atoms with E-state index in [-0.39, 0.29) is 30.8 Å². The standard InChI is InChI=1S/C26H22FN7O3/c1-15(16-6-7-22(20(27)12-16)33-11-3-10-28-33)34-14-21(30-31-34)17-4-2-5-18-19(17)13-32(26(18)37)23-8-9-24(35)29-25(23)36/h2-7,10-12,14-15,23H,8-9,13H2,1H3,(H,29,35,36)/t15-,23?/m1/s1. The topological polar surface area (TPSA) is 115 Å². The predicted molar refractivity (Wildman–Crippen MR) is 129 cm³/mol. The summed E-state index contributed by atoms with van der Waals surface area (Å²) in [7, 11) is 0. The fourth-order valence-corrected chi connectivity index (χ4v) is 4.95. The Morgan fingerprint density at radius 3 is 2.70 bits per heavy atom. The van der Waals surface area contributed by atoms with Crippen LogP contribution in [0.5, 0.6) is 0 Å². The molecule has 2 aromatic heterocycles. The zero-order valence-electron chi connectivity index (χ0n) is 19.8. The minimum absolute atomic E-state index is 0.194. The smallest absolute Gasteiger partial charge is 0.255 e. The second-order valence-corrected chi connectivity index (χ2v) is 9.15. The molecule has 4 heterocycles. The van der Waals surface area contributed by atoms with Gasteiger partial charge in [0.15, 0.2) is 0 Å². The van der Waals surface area contributed by atoms with Crippen LogP contribution in [-0.2, 0) is 16.1 Å². The first kappa shape index (κ1) is 22.8. The molecule has 1 fully saturated rings. The van der Waals surface area contributed by atoms with Gasteiger partial charge in [0.25, 0.3) is 5.91 Å². The summed E-state index contributed by atoms with van der Waals surface area (Å²) < 4.78 is 17.9. The summed E-state index contributed by atoms with van der Waals surface area (Å²) in [5.41, 5.74) is 3.62. The summed E-state index contributed by atoms with van der Waals surface area (Å²) in [6.45, 7) is 2.13. The van der Waals surface area contributed by atoms with E-state index in [4.69, 9.17) is 0 Å². The number of halogens is 1. The number of benzene rings is 2. The van der Waals surface area contributed by atoms with Gasteiger partial charge in [0.05, 0.1) is 12.2 Å². The van der Waals surface area contributed by atoms with Crippen molar-refractivity contribution in [1.82, 2.24) is 35.0 Å². The molecule has 2 aliphatic heterocycles. The number of aromatic nitrogens is 5. The predicted octanol–water partition coefficient (Wildman–Crippen LogP) is 2.64. The van der Waals surface area contributed by atoms with E-state index in [0.717, 1.165) is 11.1 Å². The van der Waals surface area contributed by atoms with Crippen molar-refractivity contribution in [2.24, 2.45) is 0 Å². The average molecular weight is 500 g/mol. The van der Waals surface area contributed by atoms with Gasteiger partial charge in [0.1, 0.15) is 23.2 Å². The Morgan fingerprint density at radius 2 is 1.95 bits per heavy atom. The van der Waals surface area contributed by atoms with Crippen LogP contribution in [-0.4, -0.2) is 53.4 Å². The number of fused-ring (bicyclic) bond motifs is 1. The Labute approximate surface area is 210 Å². The number of hydrogen-bond donors (Lipinski definition) is 1. The van der Waals surface area contributed by atoms with Crippen LogP contribution in [0.2, 0.25) is 0 Å². The first-order valence-electron chi connectivity index (χ1n) is 11.9. The molecule has 4 aromatic rings. The second-order valence-electron chi connectivity index (χ2n) is 9.15. The van der Waals surface area contributed by atoms with Gasteiger partial charge in [-0.15, -0.1) is 5.10 Å². The lowest BCUT2D eigenvalue weighted by atomic mass is 10.0. The molecule has 10 nitrogen and oxygen atoms in total. The van der Waals surface area contributed by atoms with Crippen LogP contribution in [0.15, 0.2) is 61.1 Å². The summed E-state index contributed by atoms with van der Waals surface area (Å²) in [6.07, 6.45) is 5.52. The van der Waals surface area contributed by atoms with Crippen molar-refractivity contribution in [3.8, 4) is 16.9 Å². The largest absolute Gasteiger partial charge is 0.322 e. The lowest BCUT2D eigenvalue weighted by Gasteiger charge is -2.29. The van der Waals surface area contributed by atoms with Crippen molar-refractivity contribution in [2.75, 3.05) is 0 Å². The molecule has 3 amide bonds. The highest BCUT2D eigenvalue weighted by molar-refractivity contribution is 6.06. The van der Waals surface area contributed by atoms with Crippen LogP contribution in [0.3, 0.4) is 0 Å². The van der Waals surface area contributed by atoms with Gasteiger partial charge in [-0.25, -0.2) is 13.8 Å². The third-order valence-electron chi connectivity index (χ3n) is 6.97. The van der Waals surface area contributed by atoms with E-state index in [0.29, 0.717) is 28.9 Å². The summed E-state index contributed by atoms with van der Waals surface area (Å²) in [4.78, 5) is 38.6. The van der Waals surface area contributed by atoms with Crippen molar-refractivity contribution in [1.29, 1.82) is 0 Å². The van der Waals surface area contributed by atoms with Gasteiger partial charge in [-0.3, -0.25) is 19.7 Å². The number of hydrogen-bond acceptors (Lipinski definition) is 6. The van der Waals surface area contributed by atoms with Gasteiger partial charge in [0, 0.05) is 36.5 Å². The van der Waals surface area contributed by atoms with Gasteiger partial charge >= 0.3 is 0 Å². The highest BCUT2D eigenvalue weighted by Gasteiger charge is 2.40. The Balaban J connectivity index is 1.26. The Hall–Kier alpha value is -4.67. The maximum absolute atomic E-state index is 14.8. The number of nitrogens with one attached hydrogen (secondary N) is 1. The Kier molecular flexibility index (Phi) is 5.40. The van der Waals surface area contributed by atoms with E-state index >= 15 is 0 Å². The highest BCUT2D eigenvalue weighted by Crippen LogP contribution is 2.34. The molecule has 1 N–H and O–H groups in total. The van der Waals surface area contributed by atoms with E-state index in [1.54, 1.807) is 47.5 Å². The number of carbonyl (C=O) groups excluding carboxylic acids is 3. The summed E-state index contributed by atoms with van der Waals surface area (Å²) in [5, 5.41) is 15.0.